The highest BCUT2D eigenvalue weighted by atomic mass is 16.5. The Labute approximate surface area is 197 Å². The van der Waals surface area contributed by atoms with Gasteiger partial charge in [0.1, 0.15) is 18.6 Å². The Balaban J connectivity index is 1.31. The maximum absolute atomic E-state index is 13.5. The van der Waals surface area contributed by atoms with Gasteiger partial charge in [0.05, 0.1) is 17.3 Å². The van der Waals surface area contributed by atoms with E-state index in [0.29, 0.717) is 24.1 Å². The lowest BCUT2D eigenvalue weighted by Crippen LogP contribution is -2.46. The number of rotatable bonds is 7. The zero-order valence-electron chi connectivity index (χ0n) is 19.0. The molecule has 2 aromatic carbocycles. The van der Waals surface area contributed by atoms with Gasteiger partial charge < -0.3 is 19.8 Å². The third-order valence-corrected chi connectivity index (χ3v) is 6.85. The predicted octanol–water partition coefficient (Wildman–Crippen LogP) is 4.36. The first-order chi connectivity index (χ1) is 16.6. The van der Waals surface area contributed by atoms with Crippen molar-refractivity contribution in [3.8, 4) is 17.2 Å². The Kier molecular flexibility index (Phi) is 5.07. The molecule has 1 saturated heterocycles. The molecule has 2 aliphatic rings. The summed E-state index contributed by atoms with van der Waals surface area (Å²) in [5, 5.41) is 7.69. The molecule has 0 spiro atoms. The van der Waals surface area contributed by atoms with E-state index in [9.17, 15) is 4.79 Å². The molecule has 6 rings (SSSR count). The zero-order valence-corrected chi connectivity index (χ0v) is 19.0. The van der Waals surface area contributed by atoms with E-state index in [0.717, 1.165) is 59.2 Å². The molecule has 2 N–H and O–H groups in total. The van der Waals surface area contributed by atoms with Gasteiger partial charge in [-0.05, 0) is 74.2 Å². The Bertz CT molecular complexity index is 1360. The van der Waals surface area contributed by atoms with Gasteiger partial charge in [-0.25, -0.2) is 4.98 Å². The fourth-order valence-corrected chi connectivity index (χ4v) is 4.56. The van der Waals surface area contributed by atoms with Crippen molar-refractivity contribution in [3.05, 3.63) is 77.8 Å². The zero-order chi connectivity index (χ0) is 23.1. The van der Waals surface area contributed by atoms with Gasteiger partial charge in [-0.15, -0.1) is 0 Å². The van der Waals surface area contributed by atoms with E-state index in [-0.39, 0.29) is 5.91 Å². The first-order valence-electron chi connectivity index (χ1n) is 11.7. The van der Waals surface area contributed by atoms with Crippen molar-refractivity contribution in [3.63, 3.8) is 0 Å². The van der Waals surface area contributed by atoms with Crippen LogP contribution in [0.25, 0.3) is 22.4 Å². The molecule has 1 saturated carbocycles. The fraction of sp³-hybridized carbons (Fsp3) is 0.296. The number of nitrogens with one attached hydrogen (secondary N) is 2. The lowest BCUT2D eigenvalue weighted by molar-refractivity contribution is 0.0930. The second-order valence-electron chi connectivity index (χ2n) is 9.19. The molecule has 1 atom stereocenters. The molecular weight excluding hydrogens is 428 g/mol. The molecule has 4 aromatic rings. The number of hydrogen-bond donors (Lipinski definition) is 2. The van der Waals surface area contributed by atoms with Gasteiger partial charge in [0.15, 0.2) is 0 Å². The molecule has 1 amide bonds. The minimum absolute atomic E-state index is 0.0965. The lowest BCUT2D eigenvalue weighted by Gasteiger charge is -2.27. The van der Waals surface area contributed by atoms with Crippen molar-refractivity contribution in [1.82, 2.24) is 20.6 Å². The average molecular weight is 455 g/mol. The van der Waals surface area contributed by atoms with Gasteiger partial charge in [0.2, 0.25) is 5.89 Å². The third-order valence-electron chi connectivity index (χ3n) is 6.85. The molecule has 2 fully saturated rings. The van der Waals surface area contributed by atoms with E-state index in [2.05, 4.69) is 32.7 Å². The van der Waals surface area contributed by atoms with Gasteiger partial charge in [-0.3, -0.25) is 9.78 Å². The largest absolute Gasteiger partial charge is 0.492 e. The number of carbonyl (C=O) groups is 1. The summed E-state index contributed by atoms with van der Waals surface area (Å²) in [4.78, 5) is 22.3. The molecule has 1 unspecified atom stereocenters. The number of nitrogens with zero attached hydrogens (tertiary/aromatic N) is 2. The summed E-state index contributed by atoms with van der Waals surface area (Å²) in [5.41, 5.74) is 3.85. The number of benzene rings is 2. The number of oxazole rings is 1. The van der Waals surface area contributed by atoms with Crippen LogP contribution in [0.2, 0.25) is 0 Å². The van der Waals surface area contributed by atoms with E-state index < -0.39 is 5.54 Å². The molecular formula is C27H26N4O3. The van der Waals surface area contributed by atoms with Gasteiger partial charge >= 0.3 is 0 Å². The number of fused-ring (bicyclic) bond motifs is 1. The Hall–Kier alpha value is -3.71. The van der Waals surface area contributed by atoms with E-state index in [1.54, 1.807) is 18.7 Å². The second kappa shape index (κ2) is 8.25. The monoisotopic (exact) mass is 454 g/mol. The van der Waals surface area contributed by atoms with Gasteiger partial charge in [0, 0.05) is 28.8 Å². The quantitative estimate of drug-likeness (QED) is 0.431. The normalized spacial score (nSPS) is 18.3. The van der Waals surface area contributed by atoms with E-state index in [1.165, 1.54) is 0 Å². The van der Waals surface area contributed by atoms with Crippen LogP contribution in [-0.4, -0.2) is 35.1 Å². The number of aromatic nitrogens is 2. The minimum atomic E-state index is -0.444. The van der Waals surface area contributed by atoms with Crippen LogP contribution < -0.4 is 15.4 Å². The third kappa shape index (κ3) is 3.82. The molecule has 7 heteroatoms. The highest BCUT2D eigenvalue weighted by Gasteiger charge is 2.47. The summed E-state index contributed by atoms with van der Waals surface area (Å²) in [5.74, 6) is 1.16. The maximum atomic E-state index is 13.5. The first-order valence-corrected chi connectivity index (χ1v) is 11.7. The first kappa shape index (κ1) is 20.9. The van der Waals surface area contributed by atoms with Crippen molar-refractivity contribution in [2.45, 2.75) is 37.8 Å². The van der Waals surface area contributed by atoms with Crippen LogP contribution in [-0.2, 0) is 5.54 Å². The highest BCUT2D eigenvalue weighted by molar-refractivity contribution is 5.97. The highest BCUT2D eigenvalue weighted by Crippen LogP contribution is 2.49. The Morgan fingerprint density at radius 2 is 2.09 bits per heavy atom. The molecule has 0 bridgehead atoms. The Morgan fingerprint density at radius 1 is 1.21 bits per heavy atom. The van der Waals surface area contributed by atoms with Crippen molar-refractivity contribution in [1.29, 1.82) is 0 Å². The molecule has 34 heavy (non-hydrogen) atoms. The van der Waals surface area contributed by atoms with Crippen molar-refractivity contribution < 1.29 is 13.9 Å². The average Bonchev–Trinajstić information content (AvgIpc) is 3.37. The second-order valence-corrected chi connectivity index (χ2v) is 9.19. The summed E-state index contributed by atoms with van der Waals surface area (Å²) in [6.45, 7) is 3.61. The number of pyridine rings is 1. The molecule has 2 aromatic heterocycles. The van der Waals surface area contributed by atoms with E-state index >= 15 is 0 Å². The van der Waals surface area contributed by atoms with Crippen LogP contribution in [0.3, 0.4) is 0 Å². The smallest absolute Gasteiger partial charge is 0.252 e. The van der Waals surface area contributed by atoms with Crippen molar-refractivity contribution in [2.75, 3.05) is 13.2 Å². The summed E-state index contributed by atoms with van der Waals surface area (Å²) in [7, 11) is 0. The van der Waals surface area contributed by atoms with Gasteiger partial charge in [-0.2, -0.15) is 0 Å². The summed E-state index contributed by atoms with van der Waals surface area (Å²) in [6.07, 6.45) is 7.81. The lowest BCUT2D eigenvalue weighted by atomic mass is 9.95. The van der Waals surface area contributed by atoms with Gasteiger partial charge in [0.25, 0.3) is 5.91 Å². The van der Waals surface area contributed by atoms with Crippen LogP contribution >= 0.6 is 0 Å². The molecule has 3 heterocycles. The Morgan fingerprint density at radius 3 is 2.82 bits per heavy atom. The number of aryl methyl sites for hydroxylation is 1. The van der Waals surface area contributed by atoms with Crippen LogP contribution in [0, 0.1) is 6.92 Å². The molecule has 1 aliphatic heterocycles. The van der Waals surface area contributed by atoms with Crippen LogP contribution in [0.4, 0.5) is 0 Å². The van der Waals surface area contributed by atoms with Crippen LogP contribution in [0.5, 0.6) is 5.75 Å². The summed E-state index contributed by atoms with van der Waals surface area (Å²) < 4.78 is 11.5. The summed E-state index contributed by atoms with van der Waals surface area (Å²) >= 11 is 0. The number of amides is 1. The fourth-order valence-electron chi connectivity index (χ4n) is 4.56. The molecule has 7 nitrogen and oxygen atoms in total. The minimum Gasteiger partial charge on any atom is -0.492 e. The van der Waals surface area contributed by atoms with Crippen molar-refractivity contribution >= 4 is 16.8 Å². The number of hydrogen-bond acceptors (Lipinski definition) is 6. The molecule has 1 aliphatic carbocycles. The van der Waals surface area contributed by atoms with Crippen LogP contribution in [0.1, 0.15) is 40.7 Å². The predicted molar refractivity (Wildman–Crippen MR) is 129 cm³/mol. The van der Waals surface area contributed by atoms with Crippen LogP contribution in [0.15, 0.2) is 65.5 Å². The SMILES string of the molecule is Cc1ccc(OCC2CCN2)cc1C(=O)NC1(c2cc(-c3ncco3)cc3ncccc23)CC1. The van der Waals surface area contributed by atoms with Gasteiger partial charge in [-0.1, -0.05) is 12.1 Å². The van der Waals surface area contributed by atoms with E-state index in [4.69, 9.17) is 9.15 Å². The molecule has 0 radical (unpaired) electrons. The number of carbonyl (C=O) groups excluding carboxylic acids is 1. The topological polar surface area (TPSA) is 89.3 Å². The standard InChI is InChI=1S/C27H26N4O3/c1-17-4-5-20(34-16-19-6-10-28-19)15-22(17)25(32)31-27(7-8-27)23-13-18(26-30-11-12-33-26)14-24-21(23)3-2-9-29-24/h2-5,9,11-15,19,28H,6-8,10,16H2,1H3,(H,31,32). The maximum Gasteiger partial charge on any atom is 0.252 e. The van der Waals surface area contributed by atoms with E-state index in [1.807, 2.05) is 37.3 Å². The number of ether oxygens (including phenoxy) is 1. The molecule has 172 valence electrons. The summed E-state index contributed by atoms with van der Waals surface area (Å²) in [6, 6.07) is 14.1. The van der Waals surface area contributed by atoms with Crippen molar-refractivity contribution in [2.24, 2.45) is 0 Å².